The second-order valence-corrected chi connectivity index (χ2v) is 6.06. The summed E-state index contributed by atoms with van der Waals surface area (Å²) in [4.78, 5) is 16.6. The zero-order chi connectivity index (χ0) is 17.5. The fourth-order valence-corrected chi connectivity index (χ4v) is 3.16. The fourth-order valence-electron chi connectivity index (χ4n) is 3.16. The minimum Gasteiger partial charge on any atom is -0.450 e. The van der Waals surface area contributed by atoms with Gasteiger partial charge < -0.3 is 9.15 Å². The molecule has 0 saturated carbocycles. The summed E-state index contributed by atoms with van der Waals surface area (Å²) in [5.41, 5.74) is 0.843. The van der Waals surface area contributed by atoms with E-state index in [1.54, 1.807) is 12.3 Å². The number of hydrogen-bond acceptors (Lipinski definition) is 4. The summed E-state index contributed by atoms with van der Waals surface area (Å²) in [6.45, 7) is 0. The highest BCUT2D eigenvalue weighted by molar-refractivity contribution is 6.05. The maximum absolute atomic E-state index is 12.3. The van der Waals surface area contributed by atoms with E-state index >= 15 is 0 Å². The van der Waals surface area contributed by atoms with Crippen LogP contribution in [0.2, 0.25) is 0 Å². The van der Waals surface area contributed by atoms with Crippen molar-refractivity contribution in [1.29, 1.82) is 0 Å². The first kappa shape index (κ1) is 14.7. The average molecular weight is 339 g/mol. The SMILES string of the molecule is O=c1oc2ccc3ccccc3c2cc1Oc1ccc2cccnc2c1. The Labute approximate surface area is 148 Å². The van der Waals surface area contributed by atoms with E-state index in [-0.39, 0.29) is 5.75 Å². The summed E-state index contributed by atoms with van der Waals surface area (Å²) in [7, 11) is 0. The molecular formula is C22H13NO3. The third-order valence-electron chi connectivity index (χ3n) is 4.42. The Morgan fingerprint density at radius 1 is 0.808 bits per heavy atom. The predicted octanol–water partition coefficient (Wildman–Crippen LogP) is 5.29. The lowest BCUT2D eigenvalue weighted by Crippen LogP contribution is -2.03. The third kappa shape index (κ3) is 2.40. The number of hydrogen-bond donors (Lipinski definition) is 0. The van der Waals surface area contributed by atoms with Gasteiger partial charge in [-0.1, -0.05) is 36.4 Å². The van der Waals surface area contributed by atoms with Gasteiger partial charge in [0.25, 0.3) is 0 Å². The van der Waals surface area contributed by atoms with E-state index in [9.17, 15) is 4.79 Å². The minimum atomic E-state index is -0.506. The predicted molar refractivity (Wildman–Crippen MR) is 102 cm³/mol. The summed E-state index contributed by atoms with van der Waals surface area (Å²) < 4.78 is 11.3. The molecule has 26 heavy (non-hydrogen) atoms. The molecule has 0 saturated heterocycles. The summed E-state index contributed by atoms with van der Waals surface area (Å²) >= 11 is 0. The van der Waals surface area contributed by atoms with Crippen LogP contribution in [0.15, 0.2) is 88.2 Å². The van der Waals surface area contributed by atoms with Crippen LogP contribution in [0.25, 0.3) is 32.6 Å². The highest BCUT2D eigenvalue weighted by Gasteiger charge is 2.10. The molecule has 5 aromatic rings. The molecule has 2 heterocycles. The molecule has 0 radical (unpaired) electrons. The van der Waals surface area contributed by atoms with Gasteiger partial charge in [0.15, 0.2) is 0 Å². The lowest BCUT2D eigenvalue weighted by molar-refractivity contribution is 0.438. The van der Waals surface area contributed by atoms with Crippen LogP contribution in [0, 0.1) is 0 Å². The smallest absolute Gasteiger partial charge is 0.379 e. The number of benzene rings is 3. The van der Waals surface area contributed by atoms with Crippen LogP contribution in [0.4, 0.5) is 0 Å². The van der Waals surface area contributed by atoms with E-state index in [4.69, 9.17) is 9.15 Å². The Kier molecular flexibility index (Phi) is 3.22. The number of pyridine rings is 1. The van der Waals surface area contributed by atoms with E-state index in [0.717, 1.165) is 27.1 Å². The summed E-state index contributed by atoms with van der Waals surface area (Å²) in [6, 6.07) is 22.8. The van der Waals surface area contributed by atoms with E-state index in [0.29, 0.717) is 11.3 Å². The fraction of sp³-hybridized carbons (Fsp3) is 0. The van der Waals surface area contributed by atoms with Gasteiger partial charge in [0.05, 0.1) is 5.52 Å². The first-order valence-corrected chi connectivity index (χ1v) is 8.26. The number of ether oxygens (including phenoxy) is 1. The Balaban J connectivity index is 1.66. The molecule has 0 aliphatic rings. The lowest BCUT2D eigenvalue weighted by Gasteiger charge is -2.08. The van der Waals surface area contributed by atoms with Crippen LogP contribution in [-0.4, -0.2) is 4.98 Å². The standard InChI is InChI=1S/C22H13NO3/c24-22-21(25-16-9-7-15-5-3-11-23-19(15)12-16)13-18-17-6-2-1-4-14(17)8-10-20(18)26-22/h1-13H. The molecule has 0 atom stereocenters. The van der Waals surface area contributed by atoms with E-state index < -0.39 is 5.63 Å². The highest BCUT2D eigenvalue weighted by atomic mass is 16.5. The van der Waals surface area contributed by atoms with Crippen LogP contribution in [0.3, 0.4) is 0 Å². The van der Waals surface area contributed by atoms with Crippen molar-refractivity contribution in [2.45, 2.75) is 0 Å². The molecule has 2 aromatic heterocycles. The molecule has 0 N–H and O–H groups in total. The number of aromatic nitrogens is 1. The van der Waals surface area contributed by atoms with Crippen molar-refractivity contribution in [2.24, 2.45) is 0 Å². The van der Waals surface area contributed by atoms with Gasteiger partial charge >= 0.3 is 5.63 Å². The summed E-state index contributed by atoms with van der Waals surface area (Å²) in [5, 5.41) is 3.95. The molecule has 0 fully saturated rings. The summed E-state index contributed by atoms with van der Waals surface area (Å²) in [5.74, 6) is 0.701. The summed E-state index contributed by atoms with van der Waals surface area (Å²) in [6.07, 6.45) is 1.72. The molecule has 4 heteroatoms. The van der Waals surface area contributed by atoms with Crippen molar-refractivity contribution in [3.63, 3.8) is 0 Å². The van der Waals surface area contributed by atoms with Crippen LogP contribution in [0.1, 0.15) is 0 Å². The molecule has 0 spiro atoms. The van der Waals surface area contributed by atoms with Crippen molar-refractivity contribution >= 4 is 32.6 Å². The second-order valence-electron chi connectivity index (χ2n) is 6.06. The van der Waals surface area contributed by atoms with Gasteiger partial charge in [0.1, 0.15) is 11.3 Å². The van der Waals surface area contributed by atoms with E-state index in [1.807, 2.05) is 66.7 Å². The Morgan fingerprint density at radius 3 is 2.62 bits per heavy atom. The van der Waals surface area contributed by atoms with Gasteiger partial charge in [-0.05, 0) is 41.1 Å². The van der Waals surface area contributed by atoms with E-state index in [1.165, 1.54) is 0 Å². The van der Waals surface area contributed by atoms with Crippen molar-refractivity contribution < 1.29 is 9.15 Å². The van der Waals surface area contributed by atoms with Gasteiger partial charge in [-0.3, -0.25) is 4.98 Å². The molecule has 5 rings (SSSR count). The molecule has 0 aliphatic heterocycles. The normalized spacial score (nSPS) is 11.2. The Morgan fingerprint density at radius 2 is 1.65 bits per heavy atom. The monoisotopic (exact) mass is 339 g/mol. The Bertz CT molecular complexity index is 1340. The van der Waals surface area contributed by atoms with Crippen LogP contribution in [-0.2, 0) is 0 Å². The zero-order valence-corrected chi connectivity index (χ0v) is 13.7. The van der Waals surface area contributed by atoms with Gasteiger partial charge in [0.2, 0.25) is 5.75 Å². The van der Waals surface area contributed by atoms with Crippen molar-refractivity contribution in [2.75, 3.05) is 0 Å². The molecule has 0 bridgehead atoms. The van der Waals surface area contributed by atoms with Crippen molar-refractivity contribution in [3.05, 3.63) is 89.4 Å². The second kappa shape index (κ2) is 5.70. The topological polar surface area (TPSA) is 52.3 Å². The quantitative estimate of drug-likeness (QED) is 0.324. The average Bonchev–Trinajstić information content (AvgIpc) is 2.68. The van der Waals surface area contributed by atoms with Gasteiger partial charge in [-0.2, -0.15) is 0 Å². The third-order valence-corrected chi connectivity index (χ3v) is 4.42. The van der Waals surface area contributed by atoms with Gasteiger partial charge in [-0.15, -0.1) is 0 Å². The van der Waals surface area contributed by atoms with Crippen LogP contribution >= 0.6 is 0 Å². The number of rotatable bonds is 2. The lowest BCUT2D eigenvalue weighted by atomic mass is 10.1. The molecular weight excluding hydrogens is 326 g/mol. The van der Waals surface area contributed by atoms with E-state index in [2.05, 4.69) is 4.98 Å². The first-order chi connectivity index (χ1) is 12.8. The molecule has 0 amide bonds. The number of nitrogens with zero attached hydrogens (tertiary/aromatic N) is 1. The Hall–Kier alpha value is -3.66. The van der Waals surface area contributed by atoms with Gasteiger partial charge in [0, 0.05) is 23.0 Å². The maximum atomic E-state index is 12.3. The first-order valence-electron chi connectivity index (χ1n) is 8.26. The van der Waals surface area contributed by atoms with Gasteiger partial charge in [-0.25, -0.2) is 4.79 Å². The minimum absolute atomic E-state index is 0.157. The molecule has 4 nitrogen and oxygen atoms in total. The largest absolute Gasteiger partial charge is 0.450 e. The van der Waals surface area contributed by atoms with Crippen molar-refractivity contribution in [3.8, 4) is 11.5 Å². The molecule has 0 unspecified atom stereocenters. The zero-order valence-electron chi connectivity index (χ0n) is 13.7. The molecule has 3 aromatic carbocycles. The molecule has 124 valence electrons. The molecule has 0 aliphatic carbocycles. The number of fused-ring (bicyclic) bond motifs is 4. The van der Waals surface area contributed by atoms with Crippen LogP contribution < -0.4 is 10.4 Å². The highest BCUT2D eigenvalue weighted by Crippen LogP contribution is 2.29. The van der Waals surface area contributed by atoms with Crippen molar-refractivity contribution in [1.82, 2.24) is 4.98 Å². The maximum Gasteiger partial charge on any atom is 0.379 e. The van der Waals surface area contributed by atoms with Crippen LogP contribution in [0.5, 0.6) is 11.5 Å².